The van der Waals surface area contributed by atoms with Gasteiger partial charge in [0.25, 0.3) is 0 Å². The van der Waals surface area contributed by atoms with Gasteiger partial charge in [-0.1, -0.05) is 12.8 Å². The number of nitrogens with one attached hydrogen (secondary N) is 1. The van der Waals surface area contributed by atoms with Gasteiger partial charge in [-0.3, -0.25) is 16.0 Å². The van der Waals surface area contributed by atoms with E-state index in [1.807, 2.05) is 24.1 Å². The van der Waals surface area contributed by atoms with Crippen molar-refractivity contribution in [1.29, 1.82) is 0 Å². The van der Waals surface area contributed by atoms with Crippen LogP contribution in [-0.4, -0.2) is 34.3 Å². The van der Waals surface area contributed by atoms with Crippen LogP contribution in [0.5, 0.6) is 0 Å². The summed E-state index contributed by atoms with van der Waals surface area (Å²) in [6.45, 7) is 0. The first-order valence-electron chi connectivity index (χ1n) is 6.22. The number of nitrogens with zero attached hydrogens (tertiary/aromatic N) is 3. The van der Waals surface area contributed by atoms with Crippen molar-refractivity contribution in [2.45, 2.75) is 37.3 Å². The highest BCUT2D eigenvalue weighted by atomic mass is 15.3. The summed E-state index contributed by atoms with van der Waals surface area (Å²) in [5.74, 6) is 5.80. The highest BCUT2D eigenvalue weighted by Gasteiger charge is 2.43. The fourth-order valence-corrected chi connectivity index (χ4v) is 3.13. The Kier molecular flexibility index (Phi) is 3.51. The summed E-state index contributed by atoms with van der Waals surface area (Å²) in [4.78, 5) is 2.32. The molecule has 1 heterocycles. The molecule has 3 N–H and O–H groups in total. The van der Waals surface area contributed by atoms with Gasteiger partial charge < -0.3 is 4.90 Å². The predicted molar refractivity (Wildman–Crippen MR) is 68.2 cm³/mol. The van der Waals surface area contributed by atoms with Gasteiger partial charge in [0, 0.05) is 24.3 Å². The monoisotopic (exact) mass is 237 g/mol. The van der Waals surface area contributed by atoms with Crippen LogP contribution in [0.4, 0.5) is 0 Å². The summed E-state index contributed by atoms with van der Waals surface area (Å²) >= 11 is 0. The Morgan fingerprint density at radius 3 is 2.53 bits per heavy atom. The second kappa shape index (κ2) is 4.76. The van der Waals surface area contributed by atoms with Crippen molar-refractivity contribution in [3.8, 4) is 0 Å². The van der Waals surface area contributed by atoms with E-state index in [2.05, 4.69) is 29.5 Å². The number of nitrogens with two attached hydrogens (primary N) is 1. The summed E-state index contributed by atoms with van der Waals surface area (Å²) in [6, 6.07) is 0.147. The van der Waals surface area contributed by atoms with E-state index in [1.54, 1.807) is 0 Å². The Morgan fingerprint density at radius 1 is 1.47 bits per heavy atom. The summed E-state index contributed by atoms with van der Waals surface area (Å²) in [7, 11) is 6.23. The molecule has 0 radical (unpaired) electrons. The van der Waals surface area contributed by atoms with E-state index in [-0.39, 0.29) is 11.6 Å². The summed E-state index contributed by atoms with van der Waals surface area (Å²) in [5, 5.41) is 4.25. The molecule has 1 fully saturated rings. The van der Waals surface area contributed by atoms with Gasteiger partial charge in [-0.15, -0.1) is 0 Å². The molecule has 1 aliphatic carbocycles. The second-order valence-electron chi connectivity index (χ2n) is 5.25. The van der Waals surface area contributed by atoms with Crippen molar-refractivity contribution in [1.82, 2.24) is 20.1 Å². The van der Waals surface area contributed by atoms with E-state index < -0.39 is 0 Å². The Labute approximate surface area is 103 Å². The lowest BCUT2D eigenvalue weighted by molar-refractivity contribution is 0.105. The number of likely N-dealkylation sites (N-methyl/N-ethyl adjacent to an activating group) is 1. The third-order valence-electron chi connectivity index (χ3n) is 4.12. The molecular formula is C12H23N5. The minimum Gasteiger partial charge on any atom is -0.302 e. The molecule has 0 spiro atoms. The van der Waals surface area contributed by atoms with Crippen LogP contribution in [0.2, 0.25) is 0 Å². The number of aryl methyl sites for hydroxylation is 1. The Morgan fingerprint density at radius 2 is 2.12 bits per heavy atom. The van der Waals surface area contributed by atoms with Crippen molar-refractivity contribution < 1.29 is 0 Å². The number of aromatic nitrogens is 2. The molecule has 96 valence electrons. The Balaban J connectivity index is 2.33. The zero-order valence-corrected chi connectivity index (χ0v) is 11.0. The fourth-order valence-electron chi connectivity index (χ4n) is 3.13. The van der Waals surface area contributed by atoms with E-state index in [0.29, 0.717) is 0 Å². The number of rotatable bonds is 4. The number of hydrogen-bond donors (Lipinski definition) is 2. The molecule has 1 atom stereocenters. The van der Waals surface area contributed by atoms with E-state index in [9.17, 15) is 0 Å². The van der Waals surface area contributed by atoms with Gasteiger partial charge in [0.1, 0.15) is 0 Å². The largest absolute Gasteiger partial charge is 0.302 e. The molecule has 0 aromatic carbocycles. The molecule has 1 aromatic heterocycles. The van der Waals surface area contributed by atoms with Crippen molar-refractivity contribution in [2.75, 3.05) is 14.1 Å². The van der Waals surface area contributed by atoms with Crippen LogP contribution in [0.15, 0.2) is 12.4 Å². The molecule has 1 aromatic rings. The average molecular weight is 237 g/mol. The highest BCUT2D eigenvalue weighted by Crippen LogP contribution is 2.42. The molecule has 0 amide bonds. The Hall–Kier alpha value is -0.910. The van der Waals surface area contributed by atoms with Gasteiger partial charge in [0.05, 0.1) is 12.2 Å². The molecule has 0 saturated heterocycles. The van der Waals surface area contributed by atoms with Crippen LogP contribution in [0.25, 0.3) is 0 Å². The van der Waals surface area contributed by atoms with E-state index in [0.717, 1.165) is 0 Å². The zero-order chi connectivity index (χ0) is 12.5. The van der Waals surface area contributed by atoms with Gasteiger partial charge in [0.15, 0.2) is 0 Å². The Bertz CT molecular complexity index is 365. The maximum absolute atomic E-state index is 5.80. The summed E-state index contributed by atoms with van der Waals surface area (Å²) < 4.78 is 1.83. The number of hydrogen-bond acceptors (Lipinski definition) is 4. The molecule has 2 rings (SSSR count). The molecule has 1 saturated carbocycles. The first-order chi connectivity index (χ1) is 8.10. The van der Waals surface area contributed by atoms with Crippen molar-refractivity contribution in [3.05, 3.63) is 18.0 Å². The molecule has 1 unspecified atom stereocenters. The zero-order valence-electron chi connectivity index (χ0n) is 11.0. The van der Waals surface area contributed by atoms with Crippen molar-refractivity contribution >= 4 is 0 Å². The molecule has 17 heavy (non-hydrogen) atoms. The van der Waals surface area contributed by atoms with E-state index in [1.165, 1.54) is 31.2 Å². The third-order valence-corrected chi connectivity index (χ3v) is 4.12. The average Bonchev–Trinajstić information content (AvgIpc) is 2.90. The highest BCUT2D eigenvalue weighted by molar-refractivity contribution is 5.18. The molecule has 0 aliphatic heterocycles. The maximum atomic E-state index is 5.80. The predicted octanol–water partition coefficient (Wildman–Crippen LogP) is 0.799. The smallest absolute Gasteiger partial charge is 0.0674 e. The van der Waals surface area contributed by atoms with Crippen LogP contribution in [0.3, 0.4) is 0 Å². The molecule has 5 nitrogen and oxygen atoms in total. The quantitative estimate of drug-likeness (QED) is 0.601. The van der Waals surface area contributed by atoms with Crippen molar-refractivity contribution in [3.63, 3.8) is 0 Å². The van der Waals surface area contributed by atoms with E-state index >= 15 is 0 Å². The van der Waals surface area contributed by atoms with Gasteiger partial charge in [0.2, 0.25) is 0 Å². The molecule has 5 heteroatoms. The molecule has 0 bridgehead atoms. The number of hydrazine groups is 1. The molecule has 1 aliphatic rings. The minimum atomic E-state index is 0.123. The van der Waals surface area contributed by atoms with E-state index in [4.69, 9.17) is 5.84 Å². The first kappa shape index (κ1) is 12.5. The van der Waals surface area contributed by atoms with Gasteiger partial charge in [-0.2, -0.15) is 5.10 Å². The summed E-state index contributed by atoms with van der Waals surface area (Å²) in [6.07, 6.45) is 8.88. The topological polar surface area (TPSA) is 59.1 Å². The van der Waals surface area contributed by atoms with Crippen LogP contribution < -0.4 is 11.3 Å². The second-order valence-corrected chi connectivity index (χ2v) is 5.25. The van der Waals surface area contributed by atoms with Gasteiger partial charge in [-0.05, 0) is 26.9 Å². The van der Waals surface area contributed by atoms with Crippen LogP contribution >= 0.6 is 0 Å². The fraction of sp³-hybridized carbons (Fsp3) is 0.750. The third kappa shape index (κ3) is 2.10. The lowest BCUT2D eigenvalue weighted by Gasteiger charge is -2.42. The van der Waals surface area contributed by atoms with Crippen LogP contribution in [-0.2, 0) is 7.05 Å². The van der Waals surface area contributed by atoms with Gasteiger partial charge >= 0.3 is 0 Å². The standard InChI is InChI=1S/C12H23N5/c1-16(2)12(6-4-5-7-12)11(15-13)10-8-14-17(3)9-10/h8-9,11,15H,4-7,13H2,1-3H3. The van der Waals surface area contributed by atoms with Crippen molar-refractivity contribution in [2.24, 2.45) is 12.9 Å². The lowest BCUT2D eigenvalue weighted by Crippen LogP contribution is -2.53. The van der Waals surface area contributed by atoms with Crippen LogP contribution in [0.1, 0.15) is 37.3 Å². The molecular weight excluding hydrogens is 214 g/mol. The first-order valence-corrected chi connectivity index (χ1v) is 6.22. The minimum absolute atomic E-state index is 0.123. The van der Waals surface area contributed by atoms with Gasteiger partial charge in [-0.25, -0.2) is 0 Å². The van der Waals surface area contributed by atoms with Crippen LogP contribution in [0, 0.1) is 0 Å². The maximum Gasteiger partial charge on any atom is 0.0674 e. The lowest BCUT2D eigenvalue weighted by atomic mass is 9.84. The summed E-state index contributed by atoms with van der Waals surface area (Å²) in [5.41, 5.74) is 4.30. The normalized spacial score (nSPS) is 21.0. The SMILES string of the molecule is CN(C)C1(C(NN)c2cnn(C)c2)CCCC1.